The molecule has 3 N–H and O–H groups in total. The van der Waals surface area contributed by atoms with Crippen LogP contribution in [0.2, 0.25) is 5.02 Å². The summed E-state index contributed by atoms with van der Waals surface area (Å²) in [7, 11) is 1.66. The summed E-state index contributed by atoms with van der Waals surface area (Å²) in [6, 6.07) is 8.00. The fourth-order valence-corrected chi connectivity index (χ4v) is 3.43. The lowest BCUT2D eigenvalue weighted by Crippen LogP contribution is -2.20. The Balaban J connectivity index is 2.27. The minimum absolute atomic E-state index is 0.00518. The monoisotopic (exact) mass is 404 g/mol. The number of rotatable bonds is 6. The molecule has 2 aromatic carbocycles. The molecule has 0 unspecified atom stereocenters. The summed E-state index contributed by atoms with van der Waals surface area (Å²) in [5, 5.41) is 21.9. The van der Waals surface area contributed by atoms with Crippen molar-refractivity contribution in [3.8, 4) is 0 Å². The Labute approximate surface area is 164 Å². The molecular formula is C20H18ClFN2O4. The summed E-state index contributed by atoms with van der Waals surface area (Å²) in [4.78, 5) is 24.2. The Bertz CT molecular complexity index is 1130. The van der Waals surface area contributed by atoms with Gasteiger partial charge in [-0.15, -0.1) is 0 Å². The molecule has 6 nitrogen and oxygen atoms in total. The summed E-state index contributed by atoms with van der Waals surface area (Å²) in [6.45, 7) is -0.107. The van der Waals surface area contributed by atoms with Crippen LogP contribution in [0.25, 0.3) is 10.9 Å². The number of anilines is 1. The second-order valence-corrected chi connectivity index (χ2v) is 6.68. The first-order chi connectivity index (χ1) is 13.4. The van der Waals surface area contributed by atoms with E-state index < -0.39 is 22.8 Å². The van der Waals surface area contributed by atoms with Gasteiger partial charge in [0.05, 0.1) is 22.8 Å². The Hall–Kier alpha value is -2.90. The maximum Gasteiger partial charge on any atom is 0.341 e. The lowest BCUT2D eigenvalue weighted by molar-refractivity contribution is 0.0694. The third kappa shape index (κ3) is 3.58. The number of aliphatic hydroxyl groups excluding tert-OH is 1. The van der Waals surface area contributed by atoms with Crippen molar-refractivity contribution in [3.05, 3.63) is 74.3 Å². The second kappa shape index (κ2) is 8.00. The van der Waals surface area contributed by atoms with Gasteiger partial charge >= 0.3 is 5.97 Å². The fraction of sp³-hybridized carbons (Fsp3) is 0.200. The summed E-state index contributed by atoms with van der Waals surface area (Å²) < 4.78 is 15.8. The Kier molecular flexibility index (Phi) is 5.67. The van der Waals surface area contributed by atoms with Crippen molar-refractivity contribution < 1.29 is 19.4 Å². The first-order valence-corrected chi connectivity index (χ1v) is 8.90. The minimum Gasteiger partial charge on any atom is -0.477 e. The van der Waals surface area contributed by atoms with Crippen molar-refractivity contribution in [2.24, 2.45) is 0 Å². The van der Waals surface area contributed by atoms with E-state index in [0.29, 0.717) is 22.3 Å². The van der Waals surface area contributed by atoms with Gasteiger partial charge in [-0.05, 0) is 29.3 Å². The molecular weight excluding hydrogens is 387 g/mol. The van der Waals surface area contributed by atoms with Crippen molar-refractivity contribution in [2.45, 2.75) is 13.0 Å². The molecule has 0 atom stereocenters. The number of aromatic nitrogens is 1. The fourth-order valence-electron chi connectivity index (χ4n) is 3.23. The maximum atomic E-state index is 14.3. The van der Waals surface area contributed by atoms with Gasteiger partial charge in [0, 0.05) is 31.6 Å². The second-order valence-electron chi connectivity index (χ2n) is 6.27. The van der Waals surface area contributed by atoms with E-state index >= 15 is 0 Å². The van der Waals surface area contributed by atoms with Crippen LogP contribution in [0, 0.1) is 5.82 Å². The molecule has 28 heavy (non-hydrogen) atoms. The van der Waals surface area contributed by atoms with E-state index in [9.17, 15) is 24.2 Å². The van der Waals surface area contributed by atoms with Gasteiger partial charge in [0.1, 0.15) is 11.4 Å². The first-order valence-electron chi connectivity index (χ1n) is 8.52. The van der Waals surface area contributed by atoms with Crippen molar-refractivity contribution in [2.75, 3.05) is 19.0 Å². The van der Waals surface area contributed by atoms with Crippen LogP contribution in [-0.2, 0) is 13.0 Å². The molecule has 1 aromatic heterocycles. The third-order valence-electron chi connectivity index (χ3n) is 4.50. The summed E-state index contributed by atoms with van der Waals surface area (Å²) in [5.74, 6) is -1.89. The lowest BCUT2D eigenvalue weighted by Gasteiger charge is -2.16. The van der Waals surface area contributed by atoms with E-state index in [4.69, 9.17) is 11.6 Å². The van der Waals surface area contributed by atoms with E-state index in [1.54, 1.807) is 31.3 Å². The van der Waals surface area contributed by atoms with Crippen LogP contribution in [0.15, 0.2) is 41.3 Å². The molecule has 1 heterocycles. The SMILES string of the molecule is CNc1cc(Cc2cccc(Cl)c2F)cc2c(=O)c(C(=O)O)cn(CCO)c12. The van der Waals surface area contributed by atoms with E-state index in [1.165, 1.54) is 16.8 Å². The number of nitrogens with one attached hydrogen (secondary N) is 1. The first kappa shape index (κ1) is 19.9. The van der Waals surface area contributed by atoms with Crippen LogP contribution < -0.4 is 10.7 Å². The zero-order valence-corrected chi connectivity index (χ0v) is 15.8. The summed E-state index contributed by atoms with van der Waals surface area (Å²) in [5.41, 5.74) is 0.988. The zero-order chi connectivity index (χ0) is 20.4. The van der Waals surface area contributed by atoms with Gasteiger partial charge in [-0.3, -0.25) is 4.79 Å². The smallest absolute Gasteiger partial charge is 0.341 e. The van der Waals surface area contributed by atoms with E-state index in [2.05, 4.69) is 5.32 Å². The van der Waals surface area contributed by atoms with Crippen LogP contribution >= 0.6 is 11.6 Å². The molecule has 0 bridgehead atoms. The number of fused-ring (bicyclic) bond motifs is 1. The molecule has 8 heteroatoms. The standard InChI is InChI=1S/C20H18ClFN2O4/c1-23-16-9-11(7-12-3-2-4-15(21)17(12)22)8-13-18(16)24(5-6-25)10-14(19(13)26)20(27)28/h2-4,8-10,23,25H,5-7H2,1H3,(H,27,28). The Morgan fingerprint density at radius 1 is 1.32 bits per heavy atom. The normalized spacial score (nSPS) is 11.0. The lowest BCUT2D eigenvalue weighted by atomic mass is 10.00. The molecule has 0 aliphatic rings. The molecule has 0 radical (unpaired) electrons. The number of carbonyl (C=O) groups is 1. The van der Waals surface area contributed by atoms with Crippen molar-refractivity contribution in [3.63, 3.8) is 0 Å². The average Bonchev–Trinajstić information content (AvgIpc) is 2.67. The molecule has 0 aliphatic carbocycles. The number of benzene rings is 2. The number of hydrogen-bond donors (Lipinski definition) is 3. The molecule has 0 amide bonds. The van der Waals surface area contributed by atoms with Gasteiger partial charge < -0.3 is 20.1 Å². The number of hydrogen-bond acceptors (Lipinski definition) is 4. The van der Waals surface area contributed by atoms with Crippen molar-refractivity contribution in [1.82, 2.24) is 4.57 Å². The van der Waals surface area contributed by atoms with Gasteiger partial charge in [-0.1, -0.05) is 23.7 Å². The van der Waals surface area contributed by atoms with E-state index in [0.717, 1.165) is 0 Å². The molecule has 0 spiro atoms. The quantitative estimate of drug-likeness (QED) is 0.587. The number of carboxylic acid groups (broad SMARTS) is 1. The molecule has 146 valence electrons. The Morgan fingerprint density at radius 3 is 2.71 bits per heavy atom. The van der Waals surface area contributed by atoms with Crippen LogP contribution in [0.1, 0.15) is 21.5 Å². The number of aliphatic hydroxyl groups is 1. The van der Waals surface area contributed by atoms with Crippen molar-refractivity contribution >= 4 is 34.2 Å². The van der Waals surface area contributed by atoms with Gasteiger partial charge in [0.15, 0.2) is 0 Å². The molecule has 3 aromatic rings. The average molecular weight is 405 g/mol. The number of nitrogens with zero attached hydrogens (tertiary/aromatic N) is 1. The largest absolute Gasteiger partial charge is 0.477 e. The molecule has 0 saturated carbocycles. The summed E-state index contributed by atoms with van der Waals surface area (Å²) >= 11 is 5.84. The highest BCUT2D eigenvalue weighted by Gasteiger charge is 2.18. The molecule has 0 aliphatic heterocycles. The maximum absolute atomic E-state index is 14.3. The number of halogens is 2. The van der Waals surface area contributed by atoms with Crippen LogP contribution in [0.3, 0.4) is 0 Å². The number of aromatic carboxylic acids is 1. The number of carboxylic acids is 1. The van der Waals surface area contributed by atoms with Gasteiger partial charge in [0.25, 0.3) is 0 Å². The van der Waals surface area contributed by atoms with Gasteiger partial charge in [0.2, 0.25) is 5.43 Å². The predicted molar refractivity (Wildman–Crippen MR) is 106 cm³/mol. The molecule has 0 fully saturated rings. The molecule has 0 saturated heterocycles. The van der Waals surface area contributed by atoms with E-state index in [1.807, 2.05) is 0 Å². The zero-order valence-electron chi connectivity index (χ0n) is 15.0. The van der Waals surface area contributed by atoms with Gasteiger partial charge in [-0.25, -0.2) is 9.18 Å². The highest BCUT2D eigenvalue weighted by atomic mass is 35.5. The minimum atomic E-state index is -1.35. The Morgan fingerprint density at radius 2 is 2.07 bits per heavy atom. The van der Waals surface area contributed by atoms with Crippen molar-refractivity contribution in [1.29, 1.82) is 0 Å². The summed E-state index contributed by atoms with van der Waals surface area (Å²) in [6.07, 6.45) is 1.40. The highest BCUT2D eigenvalue weighted by molar-refractivity contribution is 6.30. The third-order valence-corrected chi connectivity index (χ3v) is 4.79. The van der Waals surface area contributed by atoms with Crippen LogP contribution in [-0.4, -0.2) is 34.4 Å². The molecule has 3 rings (SSSR count). The predicted octanol–water partition coefficient (Wildman–Crippen LogP) is 3.12. The van der Waals surface area contributed by atoms with Crippen LogP contribution in [0.4, 0.5) is 10.1 Å². The highest BCUT2D eigenvalue weighted by Crippen LogP contribution is 2.27. The van der Waals surface area contributed by atoms with Gasteiger partial charge in [-0.2, -0.15) is 0 Å². The van der Waals surface area contributed by atoms with E-state index in [-0.39, 0.29) is 30.0 Å². The topological polar surface area (TPSA) is 91.6 Å². The number of pyridine rings is 1. The van der Waals surface area contributed by atoms with Crippen LogP contribution in [0.5, 0.6) is 0 Å².